The highest BCUT2D eigenvalue weighted by Crippen LogP contribution is 2.18. The van der Waals surface area contributed by atoms with Crippen molar-refractivity contribution < 1.29 is 24.2 Å². The summed E-state index contributed by atoms with van der Waals surface area (Å²) in [6.07, 6.45) is 48.3. The summed E-state index contributed by atoms with van der Waals surface area (Å²) in [6.45, 7) is 4.20. The molecular formula is C44H79NO5. The molecular weight excluding hydrogens is 622 g/mol. The predicted octanol–water partition coefficient (Wildman–Crippen LogP) is 12.9. The van der Waals surface area contributed by atoms with Crippen LogP contribution in [0, 0.1) is 0 Å². The summed E-state index contributed by atoms with van der Waals surface area (Å²) in [7, 11) is 0. The number of allylic oxidation sites excluding steroid dienone is 6. The first-order chi connectivity index (χ1) is 24.5. The van der Waals surface area contributed by atoms with Crippen LogP contribution in [0.5, 0.6) is 0 Å². The van der Waals surface area contributed by atoms with E-state index in [9.17, 15) is 14.4 Å². The van der Waals surface area contributed by atoms with Gasteiger partial charge in [0.25, 0.3) is 0 Å². The monoisotopic (exact) mass is 702 g/mol. The van der Waals surface area contributed by atoms with E-state index in [0.717, 1.165) is 77.0 Å². The highest BCUT2D eigenvalue weighted by molar-refractivity contribution is 5.80. The number of carbonyl (C=O) groups excluding carboxylic acids is 2. The van der Waals surface area contributed by atoms with Crippen LogP contribution in [0.25, 0.3) is 0 Å². The molecule has 0 aromatic carbocycles. The quantitative estimate of drug-likeness (QED) is 0.0380. The molecule has 0 spiro atoms. The largest absolute Gasteiger partial charge is 0.480 e. The highest BCUT2D eigenvalue weighted by Gasteiger charge is 2.14. The number of unbranched alkanes of at least 4 members (excludes halogenated alkanes) is 21. The molecule has 0 radical (unpaired) electrons. The molecule has 290 valence electrons. The fourth-order valence-electron chi connectivity index (χ4n) is 6.13. The number of rotatable bonds is 38. The predicted molar refractivity (Wildman–Crippen MR) is 212 cm³/mol. The molecule has 0 saturated carbocycles. The lowest BCUT2D eigenvalue weighted by atomic mass is 10.0. The van der Waals surface area contributed by atoms with Gasteiger partial charge in [0.1, 0.15) is 12.6 Å². The second-order valence-electron chi connectivity index (χ2n) is 14.2. The average molecular weight is 702 g/mol. The second kappa shape index (κ2) is 39.4. The third kappa shape index (κ3) is 38.4. The molecule has 0 aliphatic rings. The van der Waals surface area contributed by atoms with Crippen LogP contribution in [-0.2, 0) is 19.1 Å². The summed E-state index contributed by atoms with van der Waals surface area (Å²) in [5.41, 5.74) is 0. The van der Waals surface area contributed by atoms with Gasteiger partial charge >= 0.3 is 11.9 Å². The summed E-state index contributed by atoms with van der Waals surface area (Å²) >= 11 is 0. The average Bonchev–Trinajstić information content (AvgIpc) is 3.10. The van der Waals surface area contributed by atoms with Crippen LogP contribution in [-0.4, -0.2) is 35.6 Å². The van der Waals surface area contributed by atoms with E-state index in [1.807, 2.05) is 0 Å². The van der Waals surface area contributed by atoms with Crippen molar-refractivity contribution >= 4 is 17.8 Å². The summed E-state index contributed by atoms with van der Waals surface area (Å²) in [6, 6.07) is 0. The molecule has 1 amide bonds. The molecule has 6 heteroatoms. The van der Waals surface area contributed by atoms with Crippen LogP contribution in [0.4, 0.5) is 0 Å². The van der Waals surface area contributed by atoms with Gasteiger partial charge in [0.15, 0.2) is 0 Å². The van der Waals surface area contributed by atoms with E-state index in [1.54, 1.807) is 0 Å². The van der Waals surface area contributed by atoms with Crippen molar-refractivity contribution in [2.75, 3.05) is 6.54 Å². The minimum atomic E-state index is -1.02. The van der Waals surface area contributed by atoms with Crippen LogP contribution in [0.1, 0.15) is 213 Å². The second-order valence-corrected chi connectivity index (χ2v) is 14.2. The standard InChI is InChI=1S/C44H79NO5/c1-3-5-7-9-11-13-15-17-18-20-22-24-26-31-35-39-44(49)50-41(37-33-29-27-30-34-38-42(46)45-40-43(47)48)36-32-28-25-23-21-19-16-14-12-10-8-6-4-2/h16-19,23,25,41H,3-15,20-22,24,26-40H2,1-2H3,(H,45,46)(H,47,48)/b18-17-,19-16-,25-23-. The van der Waals surface area contributed by atoms with Gasteiger partial charge < -0.3 is 15.2 Å². The van der Waals surface area contributed by atoms with Crippen molar-refractivity contribution in [2.24, 2.45) is 0 Å². The number of hydrogen-bond donors (Lipinski definition) is 2. The highest BCUT2D eigenvalue weighted by atomic mass is 16.5. The van der Waals surface area contributed by atoms with Crippen molar-refractivity contribution in [1.82, 2.24) is 5.32 Å². The number of aliphatic carboxylic acids is 1. The number of carboxylic acids is 1. The maximum Gasteiger partial charge on any atom is 0.322 e. The molecule has 0 aliphatic carbocycles. The van der Waals surface area contributed by atoms with Gasteiger partial charge in [-0.25, -0.2) is 0 Å². The molecule has 2 N–H and O–H groups in total. The van der Waals surface area contributed by atoms with Gasteiger partial charge in [0.2, 0.25) is 5.91 Å². The van der Waals surface area contributed by atoms with E-state index in [4.69, 9.17) is 9.84 Å². The molecule has 1 unspecified atom stereocenters. The summed E-state index contributed by atoms with van der Waals surface area (Å²) in [5.74, 6) is -1.27. The lowest BCUT2D eigenvalue weighted by molar-refractivity contribution is -0.150. The van der Waals surface area contributed by atoms with Gasteiger partial charge in [-0.05, 0) is 89.9 Å². The number of hydrogen-bond acceptors (Lipinski definition) is 4. The van der Waals surface area contributed by atoms with E-state index in [-0.39, 0.29) is 24.5 Å². The van der Waals surface area contributed by atoms with Crippen LogP contribution in [0.3, 0.4) is 0 Å². The number of nitrogens with one attached hydrogen (secondary N) is 1. The van der Waals surface area contributed by atoms with Crippen molar-refractivity contribution in [1.29, 1.82) is 0 Å². The fourth-order valence-corrected chi connectivity index (χ4v) is 6.13. The number of carbonyl (C=O) groups is 3. The molecule has 0 rings (SSSR count). The molecule has 0 fully saturated rings. The Morgan fingerprint density at radius 2 is 0.940 bits per heavy atom. The van der Waals surface area contributed by atoms with E-state index in [0.29, 0.717) is 12.8 Å². The zero-order chi connectivity index (χ0) is 36.6. The van der Waals surface area contributed by atoms with E-state index < -0.39 is 5.97 Å². The minimum Gasteiger partial charge on any atom is -0.480 e. The van der Waals surface area contributed by atoms with E-state index in [1.165, 1.54) is 109 Å². The Labute approximate surface area is 308 Å². The van der Waals surface area contributed by atoms with Crippen LogP contribution in [0.2, 0.25) is 0 Å². The van der Waals surface area contributed by atoms with Crippen molar-refractivity contribution in [3.63, 3.8) is 0 Å². The molecule has 0 heterocycles. The molecule has 50 heavy (non-hydrogen) atoms. The Hall–Kier alpha value is -2.37. The molecule has 0 aliphatic heterocycles. The van der Waals surface area contributed by atoms with Gasteiger partial charge in [0, 0.05) is 12.8 Å². The maximum atomic E-state index is 12.7. The first kappa shape index (κ1) is 47.6. The summed E-state index contributed by atoms with van der Waals surface area (Å²) < 4.78 is 6.00. The fraction of sp³-hybridized carbons (Fsp3) is 0.795. The summed E-state index contributed by atoms with van der Waals surface area (Å²) in [5, 5.41) is 11.1. The Kier molecular flexibility index (Phi) is 37.5. The molecule has 1 atom stereocenters. The Morgan fingerprint density at radius 1 is 0.520 bits per heavy atom. The number of esters is 1. The zero-order valence-corrected chi connectivity index (χ0v) is 32.7. The molecule has 6 nitrogen and oxygen atoms in total. The van der Waals surface area contributed by atoms with Crippen molar-refractivity contribution in [3.8, 4) is 0 Å². The van der Waals surface area contributed by atoms with Crippen LogP contribution in [0.15, 0.2) is 36.5 Å². The smallest absolute Gasteiger partial charge is 0.322 e. The van der Waals surface area contributed by atoms with Gasteiger partial charge in [-0.3, -0.25) is 14.4 Å². The molecule has 0 saturated heterocycles. The maximum absolute atomic E-state index is 12.7. The normalized spacial score (nSPS) is 12.4. The van der Waals surface area contributed by atoms with Gasteiger partial charge in [0.05, 0.1) is 0 Å². The van der Waals surface area contributed by atoms with Crippen LogP contribution >= 0.6 is 0 Å². The zero-order valence-electron chi connectivity index (χ0n) is 32.7. The van der Waals surface area contributed by atoms with Gasteiger partial charge in [-0.15, -0.1) is 0 Å². The minimum absolute atomic E-state index is 0.0200. The SMILES string of the molecule is CCCCCCC/C=C\C/C=C\CCCC(CCCCCCCC(=O)NCC(=O)O)OC(=O)CCCCCCC/C=C\CCCCCCCC. The van der Waals surface area contributed by atoms with Crippen molar-refractivity contribution in [2.45, 2.75) is 219 Å². The third-order valence-corrected chi connectivity index (χ3v) is 9.28. The van der Waals surface area contributed by atoms with Crippen molar-refractivity contribution in [3.05, 3.63) is 36.5 Å². The number of ether oxygens (including phenoxy) is 1. The van der Waals surface area contributed by atoms with E-state index >= 15 is 0 Å². The Morgan fingerprint density at radius 3 is 1.48 bits per heavy atom. The number of amides is 1. The van der Waals surface area contributed by atoms with Crippen LogP contribution < -0.4 is 5.32 Å². The van der Waals surface area contributed by atoms with Gasteiger partial charge in [-0.1, -0.05) is 147 Å². The third-order valence-electron chi connectivity index (χ3n) is 9.28. The van der Waals surface area contributed by atoms with E-state index in [2.05, 4.69) is 55.6 Å². The van der Waals surface area contributed by atoms with Gasteiger partial charge in [-0.2, -0.15) is 0 Å². The molecule has 0 aromatic rings. The topological polar surface area (TPSA) is 92.7 Å². The summed E-state index contributed by atoms with van der Waals surface area (Å²) in [4.78, 5) is 35.0. The first-order valence-electron chi connectivity index (χ1n) is 21.1. The Balaban J connectivity index is 4.25. The Bertz CT molecular complexity index is 864. The molecule has 0 bridgehead atoms. The first-order valence-corrected chi connectivity index (χ1v) is 21.1. The lowest BCUT2D eigenvalue weighted by Gasteiger charge is -2.18. The molecule has 0 aromatic heterocycles. The number of carboxylic acid groups (broad SMARTS) is 1. The lowest BCUT2D eigenvalue weighted by Crippen LogP contribution is -2.28.